The van der Waals surface area contributed by atoms with E-state index in [1.165, 1.54) is 29.8 Å². The van der Waals surface area contributed by atoms with Crippen molar-refractivity contribution < 1.29 is 0 Å². The first-order valence-electron chi connectivity index (χ1n) is 7.37. The maximum Gasteiger partial charge on any atom is 0.125 e. The molecule has 2 aromatic heterocycles. The van der Waals surface area contributed by atoms with Crippen LogP contribution in [0.3, 0.4) is 0 Å². The van der Waals surface area contributed by atoms with E-state index in [0.717, 1.165) is 17.1 Å². The lowest BCUT2D eigenvalue weighted by atomic mass is 9.91. The van der Waals surface area contributed by atoms with Crippen LogP contribution in [-0.4, -0.2) is 22.6 Å². The van der Waals surface area contributed by atoms with Crippen LogP contribution < -0.4 is 5.32 Å². The molecular formula is C16H21N3S. The van der Waals surface area contributed by atoms with Gasteiger partial charge in [0.1, 0.15) is 5.01 Å². The second-order valence-corrected chi connectivity index (χ2v) is 6.80. The predicted molar refractivity (Wildman–Crippen MR) is 84.2 cm³/mol. The molecule has 106 valence electrons. The van der Waals surface area contributed by atoms with Crippen LogP contribution in [0.4, 0.5) is 0 Å². The molecular weight excluding hydrogens is 266 g/mol. The van der Waals surface area contributed by atoms with Crippen molar-refractivity contribution in [3.8, 4) is 10.6 Å². The Bertz CT molecular complexity index is 562. The summed E-state index contributed by atoms with van der Waals surface area (Å²) in [4.78, 5) is 10.6. The van der Waals surface area contributed by atoms with Gasteiger partial charge >= 0.3 is 0 Å². The van der Waals surface area contributed by atoms with Crippen molar-refractivity contribution in [1.29, 1.82) is 0 Å². The molecule has 1 aliphatic carbocycles. The van der Waals surface area contributed by atoms with E-state index in [1.54, 1.807) is 0 Å². The fourth-order valence-electron chi connectivity index (χ4n) is 2.70. The smallest absolute Gasteiger partial charge is 0.125 e. The Kier molecular flexibility index (Phi) is 4.13. The molecule has 0 radical (unpaired) electrons. The Hall–Kier alpha value is -1.26. The number of hydrogen-bond acceptors (Lipinski definition) is 4. The lowest BCUT2D eigenvalue weighted by Gasteiger charge is -2.22. The summed E-state index contributed by atoms with van der Waals surface area (Å²) in [5, 5.41) is 4.68. The van der Waals surface area contributed by atoms with E-state index >= 15 is 0 Å². The molecule has 2 aromatic rings. The predicted octanol–water partition coefficient (Wildman–Crippen LogP) is 3.62. The van der Waals surface area contributed by atoms with Crippen LogP contribution in [0.1, 0.15) is 43.2 Å². The van der Waals surface area contributed by atoms with Gasteiger partial charge in [0.05, 0.1) is 5.69 Å². The molecule has 20 heavy (non-hydrogen) atoms. The van der Waals surface area contributed by atoms with E-state index < -0.39 is 0 Å². The van der Waals surface area contributed by atoms with Gasteiger partial charge in [0.2, 0.25) is 0 Å². The fourth-order valence-corrected chi connectivity index (χ4v) is 3.88. The van der Waals surface area contributed by atoms with Gasteiger partial charge < -0.3 is 5.32 Å². The van der Waals surface area contributed by atoms with Gasteiger partial charge in [0, 0.05) is 41.3 Å². The van der Waals surface area contributed by atoms with Crippen LogP contribution in [-0.2, 0) is 6.42 Å². The maximum absolute atomic E-state index is 4.92. The summed E-state index contributed by atoms with van der Waals surface area (Å²) in [6.07, 6.45) is 7.44. The van der Waals surface area contributed by atoms with Gasteiger partial charge in [-0.15, -0.1) is 11.3 Å². The highest BCUT2D eigenvalue weighted by atomic mass is 32.1. The Morgan fingerprint density at radius 1 is 1.45 bits per heavy atom. The molecule has 3 rings (SSSR count). The molecule has 0 aliphatic heterocycles. The number of fused-ring (bicyclic) bond motifs is 1. The number of aryl methyl sites for hydroxylation is 1. The van der Waals surface area contributed by atoms with E-state index in [2.05, 4.69) is 30.2 Å². The number of nitrogens with one attached hydrogen (secondary N) is 1. The molecule has 0 fully saturated rings. The third kappa shape index (κ3) is 2.91. The van der Waals surface area contributed by atoms with Crippen molar-refractivity contribution in [2.45, 2.75) is 45.1 Å². The zero-order chi connectivity index (χ0) is 13.9. The zero-order valence-electron chi connectivity index (χ0n) is 12.1. The van der Waals surface area contributed by atoms with Gasteiger partial charge in [0.15, 0.2) is 0 Å². The Labute approximate surface area is 124 Å². The van der Waals surface area contributed by atoms with Crippen LogP contribution in [0.15, 0.2) is 24.5 Å². The van der Waals surface area contributed by atoms with E-state index in [4.69, 9.17) is 4.98 Å². The third-order valence-electron chi connectivity index (χ3n) is 3.75. The number of nitrogens with zero attached hydrogens (tertiary/aromatic N) is 2. The molecule has 0 aromatic carbocycles. The SMILES string of the molecule is CC(C)NCC1CCCc2sc(-c3cccnc3)nc21. The minimum Gasteiger partial charge on any atom is -0.314 e. The maximum atomic E-state index is 4.92. The molecule has 0 saturated carbocycles. The molecule has 3 nitrogen and oxygen atoms in total. The highest BCUT2D eigenvalue weighted by molar-refractivity contribution is 7.15. The van der Waals surface area contributed by atoms with E-state index in [9.17, 15) is 0 Å². The summed E-state index contributed by atoms with van der Waals surface area (Å²) in [6.45, 7) is 5.44. The highest BCUT2D eigenvalue weighted by Crippen LogP contribution is 2.37. The van der Waals surface area contributed by atoms with Crippen molar-refractivity contribution in [1.82, 2.24) is 15.3 Å². The van der Waals surface area contributed by atoms with E-state index in [1.807, 2.05) is 29.8 Å². The van der Waals surface area contributed by atoms with Crippen LogP contribution in [0.25, 0.3) is 10.6 Å². The average Bonchev–Trinajstić information content (AvgIpc) is 2.90. The monoisotopic (exact) mass is 287 g/mol. The normalized spacial score (nSPS) is 18.2. The summed E-state index contributed by atoms with van der Waals surface area (Å²) in [5.41, 5.74) is 2.47. The minimum atomic E-state index is 0.539. The van der Waals surface area contributed by atoms with Crippen LogP contribution in [0.2, 0.25) is 0 Å². The van der Waals surface area contributed by atoms with Gasteiger partial charge in [-0.1, -0.05) is 13.8 Å². The molecule has 0 spiro atoms. The van der Waals surface area contributed by atoms with Crippen molar-refractivity contribution in [2.24, 2.45) is 0 Å². The standard InChI is InChI=1S/C16H21N3S/c1-11(2)18-10-12-5-3-7-14-15(12)19-16(20-14)13-6-4-8-17-9-13/h4,6,8-9,11-12,18H,3,5,7,10H2,1-2H3. The van der Waals surface area contributed by atoms with Gasteiger partial charge in [0.25, 0.3) is 0 Å². The molecule has 4 heteroatoms. The molecule has 0 amide bonds. The Morgan fingerprint density at radius 2 is 2.35 bits per heavy atom. The third-order valence-corrected chi connectivity index (χ3v) is 4.93. The summed E-state index contributed by atoms with van der Waals surface area (Å²) in [6, 6.07) is 4.61. The minimum absolute atomic E-state index is 0.539. The molecule has 0 saturated heterocycles. The number of pyridine rings is 1. The lowest BCUT2D eigenvalue weighted by Crippen LogP contribution is -2.29. The van der Waals surface area contributed by atoms with Crippen molar-refractivity contribution in [2.75, 3.05) is 6.54 Å². The lowest BCUT2D eigenvalue weighted by molar-refractivity contribution is 0.475. The first-order valence-corrected chi connectivity index (χ1v) is 8.19. The number of aromatic nitrogens is 2. The summed E-state index contributed by atoms with van der Waals surface area (Å²) >= 11 is 1.85. The molecule has 1 N–H and O–H groups in total. The Balaban J connectivity index is 1.85. The second kappa shape index (κ2) is 6.02. The summed E-state index contributed by atoms with van der Waals surface area (Å²) in [5.74, 6) is 0.572. The zero-order valence-corrected chi connectivity index (χ0v) is 12.9. The topological polar surface area (TPSA) is 37.8 Å². The van der Waals surface area contributed by atoms with E-state index in [-0.39, 0.29) is 0 Å². The summed E-state index contributed by atoms with van der Waals surface area (Å²) < 4.78 is 0. The van der Waals surface area contributed by atoms with Crippen LogP contribution >= 0.6 is 11.3 Å². The van der Waals surface area contributed by atoms with Gasteiger partial charge in [-0.05, 0) is 31.4 Å². The second-order valence-electron chi connectivity index (χ2n) is 5.72. The van der Waals surface area contributed by atoms with Crippen LogP contribution in [0.5, 0.6) is 0 Å². The number of rotatable bonds is 4. The average molecular weight is 287 g/mol. The Morgan fingerprint density at radius 3 is 3.10 bits per heavy atom. The quantitative estimate of drug-likeness (QED) is 0.933. The largest absolute Gasteiger partial charge is 0.314 e. The summed E-state index contributed by atoms with van der Waals surface area (Å²) in [7, 11) is 0. The molecule has 0 bridgehead atoms. The molecule has 1 atom stereocenters. The highest BCUT2D eigenvalue weighted by Gasteiger charge is 2.25. The number of hydrogen-bond donors (Lipinski definition) is 1. The van der Waals surface area contributed by atoms with Gasteiger partial charge in [-0.2, -0.15) is 0 Å². The van der Waals surface area contributed by atoms with Crippen LogP contribution in [0, 0.1) is 0 Å². The number of thiazole rings is 1. The van der Waals surface area contributed by atoms with Crippen molar-refractivity contribution >= 4 is 11.3 Å². The van der Waals surface area contributed by atoms with Crippen molar-refractivity contribution in [3.05, 3.63) is 35.1 Å². The first-order chi connectivity index (χ1) is 9.74. The van der Waals surface area contributed by atoms with E-state index in [0.29, 0.717) is 12.0 Å². The van der Waals surface area contributed by atoms with Crippen molar-refractivity contribution in [3.63, 3.8) is 0 Å². The fraction of sp³-hybridized carbons (Fsp3) is 0.500. The molecule has 1 aliphatic rings. The van der Waals surface area contributed by atoms with Gasteiger partial charge in [-0.3, -0.25) is 4.98 Å². The molecule has 2 heterocycles. The van der Waals surface area contributed by atoms with Gasteiger partial charge in [-0.25, -0.2) is 4.98 Å². The molecule has 1 unspecified atom stereocenters. The first kappa shape index (κ1) is 13.7.